The van der Waals surface area contributed by atoms with E-state index in [0.29, 0.717) is 24.5 Å². The normalized spacial score (nSPS) is 10.9. The number of halogens is 1. The monoisotopic (exact) mass is 374 g/mol. The largest absolute Gasteiger partial charge is 0.426 e. The summed E-state index contributed by atoms with van der Waals surface area (Å²) in [6.07, 6.45) is 1.09. The predicted octanol–water partition coefficient (Wildman–Crippen LogP) is 5.73. The average molecular weight is 375 g/mol. The van der Waals surface area contributed by atoms with Crippen molar-refractivity contribution in [2.24, 2.45) is 0 Å². The fraction of sp³-hybridized carbons (Fsp3) is 0.350. The Balaban J connectivity index is 1.95. The molecule has 2 aromatic rings. The molecule has 2 rings (SSSR count). The van der Waals surface area contributed by atoms with E-state index in [1.807, 2.05) is 26.0 Å². The van der Waals surface area contributed by atoms with Crippen LogP contribution in [-0.2, 0) is 11.2 Å². The van der Waals surface area contributed by atoms with Gasteiger partial charge >= 0.3 is 5.97 Å². The molecule has 122 valence electrons. The molecular formula is C20H23BrO2. The van der Waals surface area contributed by atoms with Crippen LogP contribution in [0.1, 0.15) is 48.4 Å². The van der Waals surface area contributed by atoms with E-state index in [0.717, 1.165) is 21.2 Å². The Hall–Kier alpha value is -1.61. The van der Waals surface area contributed by atoms with Gasteiger partial charge in [-0.15, -0.1) is 0 Å². The summed E-state index contributed by atoms with van der Waals surface area (Å²) in [6, 6.07) is 12.4. The second-order valence-corrected chi connectivity index (χ2v) is 7.15. The van der Waals surface area contributed by atoms with Crippen LogP contribution in [0.4, 0.5) is 0 Å². The van der Waals surface area contributed by atoms with Gasteiger partial charge in [0.15, 0.2) is 0 Å². The van der Waals surface area contributed by atoms with Gasteiger partial charge in [-0.3, -0.25) is 4.79 Å². The first-order valence-electron chi connectivity index (χ1n) is 7.93. The lowest BCUT2D eigenvalue weighted by atomic mass is 10.0. The molecule has 0 aromatic heterocycles. The van der Waals surface area contributed by atoms with Crippen molar-refractivity contribution in [1.82, 2.24) is 0 Å². The Kier molecular flexibility index (Phi) is 6.00. The molecule has 0 aliphatic heterocycles. The third-order valence-electron chi connectivity index (χ3n) is 3.91. The second-order valence-electron chi connectivity index (χ2n) is 6.24. The van der Waals surface area contributed by atoms with E-state index in [1.165, 1.54) is 5.56 Å². The molecule has 0 spiro atoms. The van der Waals surface area contributed by atoms with Crippen LogP contribution in [0.25, 0.3) is 0 Å². The van der Waals surface area contributed by atoms with E-state index >= 15 is 0 Å². The summed E-state index contributed by atoms with van der Waals surface area (Å²) in [5.74, 6) is 1.01. The van der Waals surface area contributed by atoms with Crippen LogP contribution < -0.4 is 4.74 Å². The first kappa shape index (κ1) is 17.7. The van der Waals surface area contributed by atoms with Crippen LogP contribution >= 0.6 is 15.9 Å². The summed E-state index contributed by atoms with van der Waals surface area (Å²) < 4.78 is 6.55. The number of esters is 1. The van der Waals surface area contributed by atoms with Crippen molar-refractivity contribution in [3.8, 4) is 5.75 Å². The number of ether oxygens (including phenoxy) is 1. The molecule has 0 amide bonds. The lowest BCUT2D eigenvalue weighted by Gasteiger charge is -2.11. The highest BCUT2D eigenvalue weighted by Crippen LogP contribution is 2.27. The Bertz CT molecular complexity index is 664. The molecule has 0 bridgehead atoms. The summed E-state index contributed by atoms with van der Waals surface area (Å²) in [4.78, 5) is 12.1. The zero-order valence-electron chi connectivity index (χ0n) is 14.2. The lowest BCUT2D eigenvalue weighted by molar-refractivity contribution is -0.134. The number of aryl methyl sites for hydroxylation is 3. The van der Waals surface area contributed by atoms with Crippen molar-refractivity contribution < 1.29 is 9.53 Å². The molecule has 2 nitrogen and oxygen atoms in total. The van der Waals surface area contributed by atoms with Gasteiger partial charge in [-0.05, 0) is 60.6 Å². The molecule has 3 heteroatoms. The van der Waals surface area contributed by atoms with Crippen molar-refractivity contribution in [3.05, 3.63) is 63.1 Å². The Morgan fingerprint density at radius 3 is 2.17 bits per heavy atom. The SMILES string of the molecule is Cc1cc(Br)cc(C)c1OC(=O)CCc1ccc(C(C)C)cc1. The van der Waals surface area contributed by atoms with Crippen LogP contribution in [0.3, 0.4) is 0 Å². The standard InChI is InChI=1S/C20H23BrO2/c1-13(2)17-8-5-16(6-9-17)7-10-19(22)23-20-14(3)11-18(21)12-15(20)4/h5-6,8-9,11-13H,7,10H2,1-4H3. The zero-order valence-corrected chi connectivity index (χ0v) is 15.7. The zero-order chi connectivity index (χ0) is 17.0. The van der Waals surface area contributed by atoms with Crippen LogP contribution in [0.15, 0.2) is 40.9 Å². The van der Waals surface area contributed by atoms with Gasteiger partial charge in [-0.1, -0.05) is 54.0 Å². The molecule has 0 atom stereocenters. The molecule has 0 saturated heterocycles. The van der Waals surface area contributed by atoms with Gasteiger partial charge in [0.05, 0.1) is 0 Å². The van der Waals surface area contributed by atoms with Crippen molar-refractivity contribution in [1.29, 1.82) is 0 Å². The molecule has 0 N–H and O–H groups in total. The Labute approximate surface area is 147 Å². The lowest BCUT2D eigenvalue weighted by Crippen LogP contribution is -2.11. The minimum Gasteiger partial charge on any atom is -0.426 e. The van der Waals surface area contributed by atoms with Crippen molar-refractivity contribution in [2.75, 3.05) is 0 Å². The van der Waals surface area contributed by atoms with Crippen LogP contribution in [0.2, 0.25) is 0 Å². The summed E-state index contributed by atoms with van der Waals surface area (Å²) in [7, 11) is 0. The third-order valence-corrected chi connectivity index (χ3v) is 4.36. The summed E-state index contributed by atoms with van der Waals surface area (Å²) in [5, 5.41) is 0. The molecular weight excluding hydrogens is 352 g/mol. The number of carbonyl (C=O) groups is 1. The smallest absolute Gasteiger partial charge is 0.311 e. The summed E-state index contributed by atoms with van der Waals surface area (Å²) in [5.41, 5.74) is 4.41. The molecule has 0 aliphatic rings. The van der Waals surface area contributed by atoms with E-state index in [4.69, 9.17) is 4.74 Å². The van der Waals surface area contributed by atoms with Crippen LogP contribution in [0.5, 0.6) is 5.75 Å². The van der Waals surface area contributed by atoms with Crippen LogP contribution in [0, 0.1) is 13.8 Å². The summed E-state index contributed by atoms with van der Waals surface area (Å²) in [6.45, 7) is 8.25. The number of benzene rings is 2. The second kappa shape index (κ2) is 7.78. The number of hydrogen-bond donors (Lipinski definition) is 0. The van der Waals surface area contributed by atoms with Gasteiger partial charge in [0.2, 0.25) is 0 Å². The highest BCUT2D eigenvalue weighted by Gasteiger charge is 2.11. The topological polar surface area (TPSA) is 26.3 Å². The molecule has 0 unspecified atom stereocenters. The molecule has 23 heavy (non-hydrogen) atoms. The Morgan fingerprint density at radius 2 is 1.65 bits per heavy atom. The highest BCUT2D eigenvalue weighted by molar-refractivity contribution is 9.10. The molecule has 0 fully saturated rings. The molecule has 2 aromatic carbocycles. The van der Waals surface area contributed by atoms with Crippen LogP contribution in [-0.4, -0.2) is 5.97 Å². The van der Waals surface area contributed by atoms with Gasteiger partial charge in [-0.25, -0.2) is 0 Å². The first-order valence-corrected chi connectivity index (χ1v) is 8.72. The van der Waals surface area contributed by atoms with E-state index in [9.17, 15) is 4.79 Å². The van der Waals surface area contributed by atoms with Gasteiger partial charge in [-0.2, -0.15) is 0 Å². The molecule has 0 radical (unpaired) electrons. The molecule has 0 aliphatic carbocycles. The third kappa shape index (κ3) is 4.93. The maximum Gasteiger partial charge on any atom is 0.311 e. The quantitative estimate of drug-likeness (QED) is 0.493. The average Bonchev–Trinajstić information content (AvgIpc) is 2.49. The maximum atomic E-state index is 12.1. The predicted molar refractivity (Wildman–Crippen MR) is 98.1 cm³/mol. The van der Waals surface area contributed by atoms with E-state index in [-0.39, 0.29) is 5.97 Å². The van der Waals surface area contributed by atoms with Gasteiger partial charge in [0.1, 0.15) is 5.75 Å². The van der Waals surface area contributed by atoms with Gasteiger partial charge in [0, 0.05) is 10.9 Å². The van der Waals surface area contributed by atoms with E-state index < -0.39 is 0 Å². The first-order chi connectivity index (χ1) is 10.9. The fourth-order valence-electron chi connectivity index (χ4n) is 2.54. The van der Waals surface area contributed by atoms with Crippen molar-refractivity contribution >= 4 is 21.9 Å². The fourth-order valence-corrected chi connectivity index (χ4v) is 3.23. The van der Waals surface area contributed by atoms with E-state index in [2.05, 4.69) is 54.0 Å². The summed E-state index contributed by atoms with van der Waals surface area (Å²) >= 11 is 3.45. The number of carbonyl (C=O) groups excluding carboxylic acids is 1. The van der Waals surface area contributed by atoms with Gasteiger partial charge < -0.3 is 4.74 Å². The van der Waals surface area contributed by atoms with E-state index in [1.54, 1.807) is 0 Å². The number of hydrogen-bond acceptors (Lipinski definition) is 2. The minimum absolute atomic E-state index is 0.188. The highest BCUT2D eigenvalue weighted by atomic mass is 79.9. The Morgan fingerprint density at radius 1 is 1.09 bits per heavy atom. The number of rotatable bonds is 5. The molecule has 0 saturated carbocycles. The molecule has 0 heterocycles. The maximum absolute atomic E-state index is 12.1. The minimum atomic E-state index is -0.188. The van der Waals surface area contributed by atoms with Crippen molar-refractivity contribution in [3.63, 3.8) is 0 Å². The van der Waals surface area contributed by atoms with Crippen molar-refractivity contribution in [2.45, 2.75) is 46.5 Å². The van der Waals surface area contributed by atoms with Gasteiger partial charge in [0.25, 0.3) is 0 Å².